The van der Waals surface area contributed by atoms with Gasteiger partial charge in [0.15, 0.2) is 6.61 Å². The summed E-state index contributed by atoms with van der Waals surface area (Å²) >= 11 is 0. The van der Waals surface area contributed by atoms with E-state index in [1.807, 2.05) is 13.8 Å². The largest absolute Gasteiger partial charge is 0.507 e. The Balaban J connectivity index is 1.88. The van der Waals surface area contributed by atoms with Gasteiger partial charge in [-0.15, -0.1) is 0 Å². The molecule has 0 amide bonds. The summed E-state index contributed by atoms with van der Waals surface area (Å²) in [4.78, 5) is 49.9. The molecule has 0 radical (unpaired) electrons. The van der Waals surface area contributed by atoms with Gasteiger partial charge in [0.05, 0.1) is 0 Å². The molecule has 0 bridgehead atoms. The third kappa shape index (κ3) is 4.20. The number of aromatic hydroxyl groups is 1. The maximum absolute atomic E-state index is 12.7. The van der Waals surface area contributed by atoms with Crippen LogP contribution in [-0.2, 0) is 18.3 Å². The predicted molar refractivity (Wildman–Crippen MR) is 115 cm³/mol. The van der Waals surface area contributed by atoms with E-state index in [-0.39, 0.29) is 29.6 Å². The minimum atomic E-state index is -0.928. The number of hydrogen-bond donors (Lipinski definition) is 2. The number of esters is 1. The highest BCUT2D eigenvalue weighted by molar-refractivity contribution is 6.03. The van der Waals surface area contributed by atoms with Gasteiger partial charge >= 0.3 is 11.7 Å². The highest BCUT2D eigenvalue weighted by atomic mass is 16.5. The molecule has 0 saturated heterocycles. The summed E-state index contributed by atoms with van der Waals surface area (Å²) in [6, 6.07) is 9.99. The zero-order valence-electron chi connectivity index (χ0n) is 17.4. The third-order valence-electron chi connectivity index (χ3n) is 4.83. The first-order valence-corrected chi connectivity index (χ1v) is 9.63. The van der Waals surface area contributed by atoms with Crippen LogP contribution in [0.1, 0.15) is 34.6 Å². The number of benzene rings is 2. The van der Waals surface area contributed by atoms with Crippen LogP contribution in [0.25, 0.3) is 10.8 Å². The van der Waals surface area contributed by atoms with Gasteiger partial charge in [0.25, 0.3) is 5.56 Å². The van der Waals surface area contributed by atoms with Crippen molar-refractivity contribution < 1.29 is 19.4 Å². The lowest BCUT2D eigenvalue weighted by Gasteiger charge is -2.16. The van der Waals surface area contributed by atoms with E-state index in [4.69, 9.17) is 10.5 Å². The lowest BCUT2D eigenvalue weighted by Crippen LogP contribution is -2.43. The Morgan fingerprint density at radius 2 is 1.74 bits per heavy atom. The number of nitrogens with two attached hydrogens (primary N) is 1. The minimum Gasteiger partial charge on any atom is -0.507 e. The zero-order valence-corrected chi connectivity index (χ0v) is 17.4. The lowest BCUT2D eigenvalue weighted by molar-refractivity contribution is 0.0471. The Labute approximate surface area is 177 Å². The number of ketones is 1. The normalized spacial score (nSPS) is 11.1. The molecule has 3 aromatic rings. The van der Waals surface area contributed by atoms with E-state index in [0.29, 0.717) is 5.39 Å². The fraction of sp³-hybridized carbons (Fsp3) is 0.273. The highest BCUT2D eigenvalue weighted by Gasteiger charge is 2.24. The summed E-state index contributed by atoms with van der Waals surface area (Å²) in [5.74, 6) is -2.30. The molecule has 0 fully saturated rings. The van der Waals surface area contributed by atoms with E-state index in [9.17, 15) is 24.3 Å². The molecular weight excluding hydrogens is 402 g/mol. The number of aromatic nitrogens is 2. The molecule has 0 spiro atoms. The van der Waals surface area contributed by atoms with Crippen molar-refractivity contribution >= 4 is 28.3 Å². The number of fused-ring (bicyclic) bond motifs is 1. The SMILES string of the molecule is CC(C)Cn1c(N)c(C(=O)COC(=O)c2cc3ccccc3cc2O)c(=O)n(C)c1=O. The molecule has 0 aliphatic heterocycles. The van der Waals surface area contributed by atoms with Crippen molar-refractivity contribution in [3.8, 4) is 5.75 Å². The Kier molecular flexibility index (Phi) is 5.96. The third-order valence-corrected chi connectivity index (χ3v) is 4.83. The van der Waals surface area contributed by atoms with E-state index in [2.05, 4.69) is 0 Å². The van der Waals surface area contributed by atoms with Gasteiger partial charge in [0.2, 0.25) is 5.78 Å². The summed E-state index contributed by atoms with van der Waals surface area (Å²) in [5, 5.41) is 11.6. The number of anilines is 1. The molecular formula is C22H23N3O6. The molecule has 162 valence electrons. The number of nitrogen functional groups attached to an aromatic ring is 1. The molecule has 0 aliphatic rings. The molecule has 9 heteroatoms. The quantitative estimate of drug-likeness (QED) is 0.453. The molecule has 0 atom stereocenters. The summed E-state index contributed by atoms with van der Waals surface area (Å²) in [7, 11) is 1.25. The van der Waals surface area contributed by atoms with Crippen molar-refractivity contribution in [2.75, 3.05) is 12.3 Å². The first-order valence-electron chi connectivity index (χ1n) is 9.63. The van der Waals surface area contributed by atoms with E-state index >= 15 is 0 Å². The second kappa shape index (κ2) is 8.47. The van der Waals surface area contributed by atoms with Crippen LogP contribution in [0.5, 0.6) is 5.75 Å². The van der Waals surface area contributed by atoms with Gasteiger partial charge in [-0.25, -0.2) is 9.59 Å². The smallest absolute Gasteiger partial charge is 0.342 e. The summed E-state index contributed by atoms with van der Waals surface area (Å²) in [6.45, 7) is 3.15. The molecule has 3 rings (SSSR count). The van der Waals surface area contributed by atoms with Gasteiger partial charge in [-0.05, 0) is 28.8 Å². The monoisotopic (exact) mass is 425 g/mol. The maximum atomic E-state index is 12.7. The number of rotatable bonds is 6. The van der Waals surface area contributed by atoms with Crippen LogP contribution in [0.2, 0.25) is 0 Å². The average molecular weight is 425 g/mol. The maximum Gasteiger partial charge on any atom is 0.342 e. The number of phenols is 1. The van der Waals surface area contributed by atoms with Gasteiger partial charge < -0.3 is 15.6 Å². The van der Waals surface area contributed by atoms with E-state index in [0.717, 1.165) is 14.5 Å². The van der Waals surface area contributed by atoms with E-state index in [1.54, 1.807) is 24.3 Å². The fourth-order valence-electron chi connectivity index (χ4n) is 3.26. The van der Waals surface area contributed by atoms with Crippen LogP contribution in [0.15, 0.2) is 46.0 Å². The van der Waals surface area contributed by atoms with Crippen LogP contribution in [0.4, 0.5) is 5.82 Å². The van der Waals surface area contributed by atoms with Crippen LogP contribution in [0.3, 0.4) is 0 Å². The Hall–Kier alpha value is -3.88. The molecule has 1 aromatic heterocycles. The molecule has 0 saturated carbocycles. The van der Waals surface area contributed by atoms with Crippen LogP contribution >= 0.6 is 0 Å². The zero-order chi connectivity index (χ0) is 22.9. The number of nitrogens with zero attached hydrogens (tertiary/aromatic N) is 2. The van der Waals surface area contributed by atoms with Crippen molar-refractivity contribution in [3.05, 3.63) is 68.4 Å². The second-order valence-electron chi connectivity index (χ2n) is 7.63. The van der Waals surface area contributed by atoms with Gasteiger partial charge in [0.1, 0.15) is 22.7 Å². The number of carbonyl (C=O) groups is 2. The van der Waals surface area contributed by atoms with Crippen molar-refractivity contribution in [1.82, 2.24) is 9.13 Å². The number of phenolic OH excluding ortho intramolecular Hbond substituents is 1. The van der Waals surface area contributed by atoms with E-state index < -0.39 is 35.2 Å². The van der Waals surface area contributed by atoms with Crippen molar-refractivity contribution in [3.63, 3.8) is 0 Å². The standard InChI is InChI=1S/C22H23N3O6/c1-12(2)10-25-19(23)18(20(28)24(3)22(25)30)17(27)11-31-21(29)15-8-13-6-4-5-7-14(13)9-16(15)26/h4-9,12,26H,10-11,23H2,1-3H3. The van der Waals surface area contributed by atoms with Crippen LogP contribution in [-0.4, -0.2) is 32.6 Å². The Morgan fingerprint density at radius 3 is 2.35 bits per heavy atom. The molecule has 3 N–H and O–H groups in total. The summed E-state index contributed by atoms with van der Waals surface area (Å²) in [5.41, 5.74) is 3.93. The highest BCUT2D eigenvalue weighted by Crippen LogP contribution is 2.25. The van der Waals surface area contributed by atoms with Crippen LogP contribution < -0.4 is 17.0 Å². The van der Waals surface area contributed by atoms with Gasteiger partial charge in [-0.2, -0.15) is 0 Å². The van der Waals surface area contributed by atoms with Gasteiger partial charge in [-0.3, -0.25) is 18.7 Å². The minimum absolute atomic E-state index is 0.0363. The molecule has 9 nitrogen and oxygen atoms in total. The molecule has 31 heavy (non-hydrogen) atoms. The van der Waals surface area contributed by atoms with Crippen molar-refractivity contribution in [1.29, 1.82) is 0 Å². The Morgan fingerprint density at radius 1 is 1.13 bits per heavy atom. The second-order valence-corrected chi connectivity index (χ2v) is 7.63. The average Bonchev–Trinajstić information content (AvgIpc) is 2.73. The van der Waals surface area contributed by atoms with Crippen molar-refractivity contribution in [2.45, 2.75) is 20.4 Å². The first kappa shape index (κ1) is 21.8. The predicted octanol–water partition coefficient (Wildman–Crippen LogP) is 1.68. The first-order chi connectivity index (χ1) is 14.6. The Bertz CT molecular complexity index is 1300. The lowest BCUT2D eigenvalue weighted by atomic mass is 10.1. The molecule has 0 unspecified atom stereocenters. The number of Topliss-reactive ketones (excluding diaryl/α,β-unsaturated/α-hetero) is 1. The number of hydrogen-bond acceptors (Lipinski definition) is 7. The summed E-state index contributed by atoms with van der Waals surface area (Å²) in [6.07, 6.45) is 0. The molecule has 0 aliphatic carbocycles. The number of ether oxygens (including phenoxy) is 1. The van der Waals surface area contributed by atoms with Crippen molar-refractivity contribution in [2.24, 2.45) is 13.0 Å². The fourth-order valence-corrected chi connectivity index (χ4v) is 3.26. The molecule has 2 aromatic carbocycles. The number of carbonyl (C=O) groups excluding carboxylic acids is 2. The van der Waals surface area contributed by atoms with Crippen LogP contribution in [0, 0.1) is 5.92 Å². The van der Waals surface area contributed by atoms with Gasteiger partial charge in [-0.1, -0.05) is 38.1 Å². The summed E-state index contributed by atoms with van der Waals surface area (Å²) < 4.78 is 6.98. The topological polar surface area (TPSA) is 134 Å². The molecule has 1 heterocycles. The van der Waals surface area contributed by atoms with Gasteiger partial charge in [0, 0.05) is 13.6 Å². The van der Waals surface area contributed by atoms with E-state index in [1.165, 1.54) is 19.2 Å².